The molecule has 0 aliphatic carbocycles. The fourth-order valence-electron chi connectivity index (χ4n) is 3.25. The number of imide groups is 2. The molecule has 30 heavy (non-hydrogen) atoms. The number of ether oxygens (including phenoxy) is 2. The van der Waals surface area contributed by atoms with Crippen molar-refractivity contribution in [1.82, 2.24) is 15.5 Å². The van der Waals surface area contributed by atoms with Gasteiger partial charge in [0.2, 0.25) is 11.8 Å². The van der Waals surface area contributed by atoms with E-state index in [1.165, 1.54) is 18.2 Å². The van der Waals surface area contributed by atoms with Gasteiger partial charge in [-0.3, -0.25) is 34.2 Å². The van der Waals surface area contributed by atoms with E-state index in [1.54, 1.807) is 0 Å². The van der Waals surface area contributed by atoms with Crippen molar-refractivity contribution in [2.75, 3.05) is 32.9 Å². The molecule has 0 aromatic heterocycles. The molecule has 2 heterocycles. The molecular formula is C19H22N4O7. The van der Waals surface area contributed by atoms with Crippen LogP contribution < -0.4 is 21.1 Å². The first-order valence-electron chi connectivity index (χ1n) is 9.46. The van der Waals surface area contributed by atoms with E-state index in [2.05, 4.69) is 10.6 Å². The lowest BCUT2D eigenvalue weighted by Crippen LogP contribution is -2.54. The summed E-state index contributed by atoms with van der Waals surface area (Å²) in [4.78, 5) is 61.9. The second-order valence-electron chi connectivity index (χ2n) is 6.67. The van der Waals surface area contributed by atoms with E-state index in [9.17, 15) is 24.0 Å². The van der Waals surface area contributed by atoms with Gasteiger partial charge in [-0.1, -0.05) is 6.07 Å². The standard InChI is InChI=1S/C19H22N4O7/c20-6-8-29-9-7-21-15(25)10-30-13-3-1-2-11-16(13)19(28)23(18(11)27)12-4-5-14(24)22-17(12)26/h1-3,12H,4-10,20H2,(H,21,25)(H,22,24,26). The minimum Gasteiger partial charge on any atom is -0.483 e. The maximum absolute atomic E-state index is 12.9. The quantitative estimate of drug-likeness (QED) is 0.325. The van der Waals surface area contributed by atoms with Gasteiger partial charge in [0.1, 0.15) is 11.8 Å². The fraction of sp³-hybridized carbons (Fsp3) is 0.421. The Labute approximate surface area is 171 Å². The first kappa shape index (κ1) is 21.4. The molecule has 11 nitrogen and oxygen atoms in total. The van der Waals surface area contributed by atoms with Crippen LogP contribution in [0.2, 0.25) is 0 Å². The van der Waals surface area contributed by atoms with Crippen molar-refractivity contribution in [1.29, 1.82) is 0 Å². The summed E-state index contributed by atoms with van der Waals surface area (Å²) in [6, 6.07) is 3.37. The van der Waals surface area contributed by atoms with E-state index >= 15 is 0 Å². The molecule has 0 spiro atoms. The van der Waals surface area contributed by atoms with Gasteiger partial charge in [0.15, 0.2) is 6.61 Å². The summed E-state index contributed by atoms with van der Waals surface area (Å²) < 4.78 is 10.6. The smallest absolute Gasteiger partial charge is 0.266 e. The van der Waals surface area contributed by atoms with Gasteiger partial charge in [-0.2, -0.15) is 0 Å². The van der Waals surface area contributed by atoms with Crippen LogP contribution in [0.25, 0.3) is 0 Å². The first-order chi connectivity index (χ1) is 14.4. The van der Waals surface area contributed by atoms with E-state index in [4.69, 9.17) is 15.2 Å². The van der Waals surface area contributed by atoms with Crippen LogP contribution in [-0.2, 0) is 19.1 Å². The highest BCUT2D eigenvalue weighted by Gasteiger charge is 2.46. The Hall–Kier alpha value is -3.31. The van der Waals surface area contributed by atoms with Gasteiger partial charge >= 0.3 is 0 Å². The third kappa shape index (κ3) is 4.47. The molecule has 1 aromatic rings. The Kier molecular flexibility index (Phi) is 6.75. The minimum atomic E-state index is -1.07. The molecular weight excluding hydrogens is 396 g/mol. The number of rotatable bonds is 9. The number of carbonyl (C=O) groups excluding carboxylic acids is 5. The normalized spacial score (nSPS) is 18.3. The maximum Gasteiger partial charge on any atom is 0.266 e. The predicted octanol–water partition coefficient (Wildman–Crippen LogP) is -1.44. The van der Waals surface area contributed by atoms with Crippen LogP contribution in [0.5, 0.6) is 5.75 Å². The summed E-state index contributed by atoms with van der Waals surface area (Å²) in [5, 5.41) is 4.73. The number of nitrogens with one attached hydrogen (secondary N) is 2. The lowest BCUT2D eigenvalue weighted by atomic mass is 10.0. The number of amides is 5. The van der Waals surface area contributed by atoms with Gasteiger partial charge < -0.3 is 20.5 Å². The van der Waals surface area contributed by atoms with Gasteiger partial charge in [0.25, 0.3) is 17.7 Å². The zero-order valence-corrected chi connectivity index (χ0v) is 16.1. The Morgan fingerprint density at radius 3 is 2.73 bits per heavy atom. The molecule has 11 heteroatoms. The lowest BCUT2D eigenvalue weighted by molar-refractivity contribution is -0.136. The largest absolute Gasteiger partial charge is 0.483 e. The summed E-state index contributed by atoms with van der Waals surface area (Å²) in [5.74, 6) is -2.85. The summed E-state index contributed by atoms with van der Waals surface area (Å²) in [6.45, 7) is 0.988. The third-order valence-corrected chi connectivity index (χ3v) is 4.62. The molecule has 160 valence electrons. The molecule has 1 fully saturated rings. The fourth-order valence-corrected chi connectivity index (χ4v) is 3.25. The summed E-state index contributed by atoms with van der Waals surface area (Å²) in [6.07, 6.45) is 0.0866. The molecule has 2 aliphatic heterocycles. The van der Waals surface area contributed by atoms with Gasteiger partial charge in [-0.05, 0) is 18.6 Å². The molecule has 2 aliphatic rings. The van der Waals surface area contributed by atoms with E-state index in [0.717, 1.165) is 4.90 Å². The van der Waals surface area contributed by atoms with Crippen LogP contribution in [0.1, 0.15) is 33.6 Å². The highest BCUT2D eigenvalue weighted by molar-refractivity contribution is 6.24. The molecule has 3 rings (SSSR count). The molecule has 0 bridgehead atoms. The molecule has 0 radical (unpaired) electrons. The average molecular weight is 418 g/mol. The highest BCUT2D eigenvalue weighted by atomic mass is 16.5. The predicted molar refractivity (Wildman–Crippen MR) is 101 cm³/mol. The number of nitrogens with two attached hydrogens (primary N) is 1. The van der Waals surface area contributed by atoms with Gasteiger partial charge in [-0.15, -0.1) is 0 Å². The van der Waals surface area contributed by atoms with E-state index in [0.29, 0.717) is 19.8 Å². The molecule has 1 atom stereocenters. The zero-order chi connectivity index (χ0) is 21.7. The Morgan fingerprint density at radius 1 is 1.20 bits per heavy atom. The molecule has 1 saturated heterocycles. The topological polar surface area (TPSA) is 157 Å². The van der Waals surface area contributed by atoms with E-state index in [-0.39, 0.29) is 42.9 Å². The number of carbonyl (C=O) groups is 5. The Morgan fingerprint density at radius 2 is 2.00 bits per heavy atom. The summed E-state index contributed by atoms with van der Waals surface area (Å²) in [7, 11) is 0. The van der Waals surface area contributed by atoms with Gasteiger partial charge in [0, 0.05) is 19.5 Å². The van der Waals surface area contributed by atoms with Crippen molar-refractivity contribution in [2.45, 2.75) is 18.9 Å². The lowest BCUT2D eigenvalue weighted by Gasteiger charge is -2.27. The molecule has 4 N–H and O–H groups in total. The Bertz CT molecular complexity index is 886. The van der Waals surface area contributed by atoms with Crippen molar-refractivity contribution in [3.05, 3.63) is 29.3 Å². The van der Waals surface area contributed by atoms with Crippen LogP contribution in [-0.4, -0.2) is 73.4 Å². The van der Waals surface area contributed by atoms with E-state index in [1.807, 2.05) is 0 Å². The minimum absolute atomic E-state index is 0.00807. The number of benzene rings is 1. The van der Waals surface area contributed by atoms with Crippen LogP contribution in [0.3, 0.4) is 0 Å². The number of hydrogen-bond donors (Lipinski definition) is 3. The zero-order valence-electron chi connectivity index (χ0n) is 16.1. The Balaban J connectivity index is 1.66. The average Bonchev–Trinajstić information content (AvgIpc) is 2.97. The van der Waals surface area contributed by atoms with E-state index < -0.39 is 35.6 Å². The van der Waals surface area contributed by atoms with Gasteiger partial charge in [0.05, 0.1) is 24.3 Å². The van der Waals surface area contributed by atoms with Crippen molar-refractivity contribution < 1.29 is 33.4 Å². The van der Waals surface area contributed by atoms with Crippen molar-refractivity contribution in [3.63, 3.8) is 0 Å². The molecule has 1 aromatic carbocycles. The van der Waals surface area contributed by atoms with Gasteiger partial charge in [-0.25, -0.2) is 0 Å². The SMILES string of the molecule is NCCOCCNC(=O)COc1cccc2c1C(=O)N(C1CCC(=O)NC1=O)C2=O. The summed E-state index contributed by atoms with van der Waals surface area (Å²) in [5.41, 5.74) is 5.37. The number of piperidine rings is 1. The molecule has 0 saturated carbocycles. The van der Waals surface area contributed by atoms with Crippen LogP contribution in [0.4, 0.5) is 0 Å². The molecule has 5 amide bonds. The molecule has 1 unspecified atom stereocenters. The van der Waals surface area contributed by atoms with Crippen LogP contribution in [0.15, 0.2) is 18.2 Å². The third-order valence-electron chi connectivity index (χ3n) is 4.62. The van der Waals surface area contributed by atoms with Crippen LogP contribution >= 0.6 is 0 Å². The van der Waals surface area contributed by atoms with Crippen molar-refractivity contribution in [2.24, 2.45) is 5.73 Å². The van der Waals surface area contributed by atoms with Crippen LogP contribution in [0, 0.1) is 0 Å². The highest BCUT2D eigenvalue weighted by Crippen LogP contribution is 2.33. The second-order valence-corrected chi connectivity index (χ2v) is 6.67. The number of nitrogens with zero attached hydrogens (tertiary/aromatic N) is 1. The summed E-state index contributed by atoms with van der Waals surface area (Å²) >= 11 is 0. The second kappa shape index (κ2) is 9.46. The van der Waals surface area contributed by atoms with Crippen molar-refractivity contribution in [3.8, 4) is 5.75 Å². The maximum atomic E-state index is 12.9. The first-order valence-corrected chi connectivity index (χ1v) is 9.46. The number of hydrogen-bond acceptors (Lipinski definition) is 8. The monoisotopic (exact) mass is 418 g/mol. The number of fused-ring (bicyclic) bond motifs is 1. The van der Waals surface area contributed by atoms with Crippen molar-refractivity contribution >= 4 is 29.5 Å².